The molecular weight excluding hydrogens is 222 g/mol. The van der Waals surface area contributed by atoms with Gasteiger partial charge in [-0.3, -0.25) is 14.9 Å². The van der Waals surface area contributed by atoms with E-state index in [9.17, 15) is 9.59 Å². The molecule has 6 heteroatoms. The van der Waals surface area contributed by atoms with E-state index in [1.54, 1.807) is 0 Å². The van der Waals surface area contributed by atoms with E-state index in [0.717, 1.165) is 0 Å². The second kappa shape index (κ2) is 7.24. The number of amides is 2. The second-order valence-electron chi connectivity index (χ2n) is 4.50. The van der Waals surface area contributed by atoms with Crippen molar-refractivity contribution in [2.45, 2.75) is 19.9 Å². The van der Waals surface area contributed by atoms with Gasteiger partial charge in [0.25, 0.3) is 0 Å². The zero-order chi connectivity index (χ0) is 12.7. The third-order valence-corrected chi connectivity index (χ3v) is 2.33. The van der Waals surface area contributed by atoms with E-state index < -0.39 is 0 Å². The number of hydrogen-bond acceptors (Lipinski definition) is 4. The summed E-state index contributed by atoms with van der Waals surface area (Å²) in [6.07, 6.45) is 0. The van der Waals surface area contributed by atoms with E-state index >= 15 is 0 Å². The van der Waals surface area contributed by atoms with Crippen molar-refractivity contribution in [3.8, 4) is 0 Å². The molecule has 3 N–H and O–H groups in total. The SMILES string of the molecule is CC(C)COCCNC(=O)C1CNC(=O)CN1. The molecule has 0 aliphatic carbocycles. The molecule has 0 aromatic carbocycles. The minimum absolute atomic E-state index is 0.0747. The van der Waals surface area contributed by atoms with Gasteiger partial charge >= 0.3 is 0 Å². The van der Waals surface area contributed by atoms with Crippen molar-refractivity contribution in [1.29, 1.82) is 0 Å². The van der Waals surface area contributed by atoms with Crippen molar-refractivity contribution in [2.75, 3.05) is 32.8 Å². The van der Waals surface area contributed by atoms with Gasteiger partial charge in [-0.1, -0.05) is 13.8 Å². The van der Waals surface area contributed by atoms with Gasteiger partial charge < -0.3 is 15.4 Å². The third kappa shape index (κ3) is 5.65. The minimum atomic E-state index is -0.335. The Morgan fingerprint density at radius 1 is 1.59 bits per heavy atom. The summed E-state index contributed by atoms with van der Waals surface area (Å²) >= 11 is 0. The molecule has 1 saturated heterocycles. The molecule has 2 amide bonds. The number of rotatable bonds is 6. The molecule has 1 fully saturated rings. The number of nitrogens with one attached hydrogen (secondary N) is 3. The van der Waals surface area contributed by atoms with Crippen LogP contribution in [0.2, 0.25) is 0 Å². The Kier molecular flexibility index (Phi) is 5.93. The lowest BCUT2D eigenvalue weighted by molar-refractivity contribution is -0.126. The number of hydrogen-bond donors (Lipinski definition) is 3. The Hall–Kier alpha value is -1.14. The molecule has 98 valence electrons. The number of piperazine rings is 1. The zero-order valence-electron chi connectivity index (χ0n) is 10.4. The molecule has 1 rings (SSSR count). The molecule has 1 heterocycles. The lowest BCUT2D eigenvalue weighted by Crippen LogP contribution is -2.58. The zero-order valence-corrected chi connectivity index (χ0v) is 10.4. The fourth-order valence-electron chi connectivity index (χ4n) is 1.44. The van der Waals surface area contributed by atoms with Gasteiger partial charge in [0.2, 0.25) is 11.8 Å². The Balaban J connectivity index is 2.06. The first-order valence-corrected chi connectivity index (χ1v) is 5.95. The molecule has 1 unspecified atom stereocenters. The van der Waals surface area contributed by atoms with Crippen LogP contribution in [0.4, 0.5) is 0 Å². The van der Waals surface area contributed by atoms with Gasteiger partial charge in [-0.2, -0.15) is 0 Å². The quantitative estimate of drug-likeness (QED) is 0.515. The first-order chi connectivity index (χ1) is 8.09. The number of carbonyl (C=O) groups excluding carboxylic acids is 2. The lowest BCUT2D eigenvalue weighted by Gasteiger charge is -2.23. The van der Waals surface area contributed by atoms with E-state index in [1.807, 2.05) is 0 Å². The predicted molar refractivity (Wildman–Crippen MR) is 63.5 cm³/mol. The van der Waals surface area contributed by atoms with Crippen molar-refractivity contribution in [2.24, 2.45) is 5.92 Å². The Labute approximate surface area is 101 Å². The van der Waals surface area contributed by atoms with Crippen LogP contribution in [0.25, 0.3) is 0 Å². The molecular formula is C11H21N3O3. The molecule has 0 aromatic heterocycles. The first-order valence-electron chi connectivity index (χ1n) is 5.95. The molecule has 17 heavy (non-hydrogen) atoms. The Morgan fingerprint density at radius 3 is 2.94 bits per heavy atom. The summed E-state index contributed by atoms with van der Waals surface area (Å²) in [7, 11) is 0. The standard InChI is InChI=1S/C11H21N3O3/c1-8(2)7-17-4-3-12-11(16)9-5-14-10(15)6-13-9/h8-9,13H,3-7H2,1-2H3,(H,12,16)(H,14,15). The summed E-state index contributed by atoms with van der Waals surface area (Å²) in [5.41, 5.74) is 0. The predicted octanol–water partition coefficient (Wildman–Crippen LogP) is -1.14. The highest BCUT2D eigenvalue weighted by atomic mass is 16.5. The highest BCUT2D eigenvalue weighted by Crippen LogP contribution is 1.91. The van der Waals surface area contributed by atoms with Crippen LogP contribution in [0.5, 0.6) is 0 Å². The fourth-order valence-corrected chi connectivity index (χ4v) is 1.44. The van der Waals surface area contributed by atoms with Crippen LogP contribution in [-0.2, 0) is 14.3 Å². The van der Waals surface area contributed by atoms with Gasteiger partial charge in [-0.15, -0.1) is 0 Å². The maximum absolute atomic E-state index is 11.6. The van der Waals surface area contributed by atoms with Crippen LogP contribution in [0.1, 0.15) is 13.8 Å². The Morgan fingerprint density at radius 2 is 2.35 bits per heavy atom. The monoisotopic (exact) mass is 243 g/mol. The average molecular weight is 243 g/mol. The topological polar surface area (TPSA) is 79.5 Å². The van der Waals surface area contributed by atoms with Gasteiger partial charge in [-0.05, 0) is 5.92 Å². The van der Waals surface area contributed by atoms with Crippen LogP contribution in [0.15, 0.2) is 0 Å². The van der Waals surface area contributed by atoms with Crippen molar-refractivity contribution >= 4 is 11.8 Å². The van der Waals surface area contributed by atoms with Crippen LogP contribution in [0, 0.1) is 5.92 Å². The third-order valence-electron chi connectivity index (χ3n) is 2.33. The van der Waals surface area contributed by atoms with E-state index in [1.165, 1.54) is 0 Å². The highest BCUT2D eigenvalue weighted by Gasteiger charge is 2.22. The molecule has 1 aliphatic rings. The van der Waals surface area contributed by atoms with E-state index in [4.69, 9.17) is 4.74 Å². The summed E-state index contributed by atoms with van der Waals surface area (Å²) in [6, 6.07) is -0.335. The molecule has 0 bridgehead atoms. The fraction of sp³-hybridized carbons (Fsp3) is 0.818. The summed E-state index contributed by atoms with van der Waals surface area (Å²) < 4.78 is 5.34. The Bertz CT molecular complexity index is 259. The maximum atomic E-state index is 11.6. The van der Waals surface area contributed by atoms with Gasteiger partial charge in [0.15, 0.2) is 0 Å². The molecule has 6 nitrogen and oxygen atoms in total. The molecule has 1 aliphatic heterocycles. The van der Waals surface area contributed by atoms with Crippen LogP contribution < -0.4 is 16.0 Å². The molecule has 0 saturated carbocycles. The lowest BCUT2D eigenvalue weighted by atomic mass is 10.2. The summed E-state index contributed by atoms with van der Waals surface area (Å²) in [4.78, 5) is 22.5. The van der Waals surface area contributed by atoms with Gasteiger partial charge in [0.05, 0.1) is 13.2 Å². The number of carbonyl (C=O) groups is 2. The van der Waals surface area contributed by atoms with Crippen LogP contribution >= 0.6 is 0 Å². The van der Waals surface area contributed by atoms with E-state index in [0.29, 0.717) is 32.2 Å². The molecule has 0 radical (unpaired) electrons. The average Bonchev–Trinajstić information content (AvgIpc) is 2.29. The molecule has 1 atom stereocenters. The smallest absolute Gasteiger partial charge is 0.239 e. The van der Waals surface area contributed by atoms with Gasteiger partial charge in [0.1, 0.15) is 6.04 Å². The van der Waals surface area contributed by atoms with Crippen molar-refractivity contribution < 1.29 is 14.3 Å². The van der Waals surface area contributed by atoms with Gasteiger partial charge in [-0.25, -0.2) is 0 Å². The first kappa shape index (κ1) is 13.9. The van der Waals surface area contributed by atoms with E-state index in [2.05, 4.69) is 29.8 Å². The van der Waals surface area contributed by atoms with Crippen LogP contribution in [0.3, 0.4) is 0 Å². The second-order valence-corrected chi connectivity index (χ2v) is 4.50. The van der Waals surface area contributed by atoms with Crippen LogP contribution in [-0.4, -0.2) is 50.7 Å². The summed E-state index contributed by atoms with van der Waals surface area (Å²) in [5, 5.41) is 8.26. The highest BCUT2D eigenvalue weighted by molar-refractivity contribution is 5.86. The summed E-state index contributed by atoms with van der Waals surface area (Å²) in [6.45, 7) is 6.41. The molecule has 0 aromatic rings. The van der Waals surface area contributed by atoms with Gasteiger partial charge in [0, 0.05) is 19.7 Å². The van der Waals surface area contributed by atoms with Crippen molar-refractivity contribution in [3.63, 3.8) is 0 Å². The minimum Gasteiger partial charge on any atom is -0.379 e. The number of ether oxygens (including phenoxy) is 1. The van der Waals surface area contributed by atoms with E-state index in [-0.39, 0.29) is 24.4 Å². The van der Waals surface area contributed by atoms with Crippen molar-refractivity contribution in [3.05, 3.63) is 0 Å². The van der Waals surface area contributed by atoms with Crippen molar-refractivity contribution in [1.82, 2.24) is 16.0 Å². The summed E-state index contributed by atoms with van der Waals surface area (Å²) in [5.74, 6) is 0.327. The molecule has 0 spiro atoms. The normalized spacial score (nSPS) is 20.2. The largest absolute Gasteiger partial charge is 0.379 e. The maximum Gasteiger partial charge on any atom is 0.239 e.